The van der Waals surface area contributed by atoms with E-state index in [2.05, 4.69) is 30.9 Å². The third kappa shape index (κ3) is 5.22. The number of halogens is 1. The van der Waals surface area contributed by atoms with Gasteiger partial charge < -0.3 is 19.5 Å². The van der Waals surface area contributed by atoms with Crippen LogP contribution in [0, 0.1) is 27.7 Å². The quantitative estimate of drug-likeness (QED) is 0.157. The molecular formula is C27H20ClN7O4S2. The van der Waals surface area contributed by atoms with Crippen LogP contribution in [0.4, 0.5) is 22.7 Å². The van der Waals surface area contributed by atoms with Crippen LogP contribution in [0.3, 0.4) is 0 Å². The molecule has 11 nitrogen and oxygen atoms in total. The number of aromatic nitrogens is 4. The molecule has 0 atom stereocenters. The number of rotatable bonds is 4. The monoisotopic (exact) mass is 605 g/mol. The predicted octanol–water partition coefficient (Wildman–Crippen LogP) is 6.13. The number of fused-ring (bicyclic) bond motifs is 4. The van der Waals surface area contributed by atoms with E-state index in [4.69, 9.17) is 37.6 Å². The minimum absolute atomic E-state index is 0.0549. The maximum absolute atomic E-state index is 11.9. The summed E-state index contributed by atoms with van der Waals surface area (Å²) in [6.07, 6.45) is 0. The van der Waals surface area contributed by atoms with Crippen LogP contribution in [0.5, 0.6) is 0 Å². The SMILES string of the molecule is Cc1cc2oc(=O)cc(C)c2cc1NC(=S)Nc1nc(Cl)nc(Nc2nc3c(C)cc4oc(=O)cc(C)c4c3s2)n1. The Labute approximate surface area is 245 Å². The molecule has 4 heterocycles. The van der Waals surface area contributed by atoms with Crippen molar-refractivity contribution in [1.82, 2.24) is 19.9 Å². The van der Waals surface area contributed by atoms with Gasteiger partial charge in [-0.3, -0.25) is 5.32 Å². The molecule has 2 aromatic carbocycles. The van der Waals surface area contributed by atoms with Gasteiger partial charge in [-0.15, -0.1) is 0 Å². The summed E-state index contributed by atoms with van der Waals surface area (Å²) in [5.41, 5.74) is 4.95. The molecule has 14 heteroatoms. The number of aryl methyl sites for hydroxylation is 4. The van der Waals surface area contributed by atoms with Gasteiger partial charge in [-0.2, -0.15) is 15.0 Å². The second-order valence-corrected chi connectivity index (χ2v) is 11.1. The fourth-order valence-corrected chi connectivity index (χ4v) is 6.01. The number of hydrogen-bond donors (Lipinski definition) is 3. The van der Waals surface area contributed by atoms with E-state index in [1.807, 2.05) is 33.8 Å². The van der Waals surface area contributed by atoms with Gasteiger partial charge in [-0.05, 0) is 92.0 Å². The van der Waals surface area contributed by atoms with E-state index in [1.165, 1.54) is 23.5 Å². The highest BCUT2D eigenvalue weighted by atomic mass is 35.5. The number of thiazole rings is 1. The van der Waals surface area contributed by atoms with Crippen molar-refractivity contribution in [3.63, 3.8) is 0 Å². The van der Waals surface area contributed by atoms with Crippen LogP contribution in [-0.2, 0) is 0 Å². The van der Waals surface area contributed by atoms with Crippen LogP contribution >= 0.6 is 35.2 Å². The topological polar surface area (TPSA) is 148 Å². The lowest BCUT2D eigenvalue weighted by atomic mass is 10.1. The summed E-state index contributed by atoms with van der Waals surface area (Å²) in [5.74, 6) is 0.276. The fraction of sp³-hybridized carbons (Fsp3) is 0.148. The minimum atomic E-state index is -0.402. The number of thiocarbonyl (C=S) groups is 1. The average Bonchev–Trinajstić information content (AvgIpc) is 3.28. The van der Waals surface area contributed by atoms with E-state index in [-0.39, 0.29) is 22.3 Å². The molecule has 41 heavy (non-hydrogen) atoms. The summed E-state index contributed by atoms with van der Waals surface area (Å²) >= 11 is 13.1. The van der Waals surface area contributed by atoms with Gasteiger partial charge in [0, 0.05) is 28.6 Å². The number of nitrogens with zero attached hydrogens (tertiary/aromatic N) is 4. The molecule has 0 aliphatic carbocycles. The molecule has 6 aromatic rings. The summed E-state index contributed by atoms with van der Waals surface area (Å²) in [4.78, 5) is 41.0. The van der Waals surface area contributed by atoms with Crippen molar-refractivity contribution in [2.24, 2.45) is 0 Å². The van der Waals surface area contributed by atoms with Crippen LogP contribution in [0.15, 0.2) is 48.8 Å². The Bertz CT molecular complexity index is 2170. The summed E-state index contributed by atoms with van der Waals surface area (Å²) in [7, 11) is 0. The molecule has 0 spiro atoms. The fourth-order valence-electron chi connectivity index (χ4n) is 4.51. The molecule has 0 bridgehead atoms. The van der Waals surface area contributed by atoms with E-state index in [1.54, 1.807) is 12.1 Å². The van der Waals surface area contributed by atoms with E-state index in [0.29, 0.717) is 22.0 Å². The first-order valence-corrected chi connectivity index (χ1v) is 13.8. The van der Waals surface area contributed by atoms with E-state index in [9.17, 15) is 9.59 Å². The van der Waals surface area contributed by atoms with Crippen LogP contribution < -0.4 is 27.2 Å². The molecule has 0 saturated heterocycles. The standard InChI is InChI=1S/C27H20ClN7O4S2/c1-10-7-18(36)38-16-5-11(2)15(9-14(10)16)29-26(40)34-24-31-23(28)32-25(33-24)35-27-30-21-13(4)6-17-20(22(21)41-27)12(3)8-19(37)39-17/h5-9H,1-4H3,(H3,29,30,31,32,33,34,35,40). The normalized spacial score (nSPS) is 11.3. The number of hydrogen-bond acceptors (Lipinski definition) is 11. The Morgan fingerprint density at radius 1 is 0.805 bits per heavy atom. The van der Waals surface area contributed by atoms with Crippen LogP contribution in [0.25, 0.3) is 32.2 Å². The summed E-state index contributed by atoms with van der Waals surface area (Å²) in [6.45, 7) is 7.47. The second-order valence-electron chi connectivity index (χ2n) is 9.38. The maximum Gasteiger partial charge on any atom is 0.336 e. The van der Waals surface area contributed by atoms with Crippen molar-refractivity contribution in [2.75, 3.05) is 16.0 Å². The molecule has 6 rings (SSSR count). The maximum atomic E-state index is 11.9. The van der Waals surface area contributed by atoms with Crippen molar-refractivity contribution in [2.45, 2.75) is 27.7 Å². The minimum Gasteiger partial charge on any atom is -0.423 e. The third-order valence-corrected chi connectivity index (χ3v) is 7.72. The van der Waals surface area contributed by atoms with E-state index < -0.39 is 11.3 Å². The van der Waals surface area contributed by atoms with Crippen LogP contribution in [0.2, 0.25) is 5.28 Å². The van der Waals surface area contributed by atoms with Gasteiger partial charge in [0.1, 0.15) is 11.2 Å². The zero-order valence-electron chi connectivity index (χ0n) is 22.0. The zero-order chi connectivity index (χ0) is 29.0. The Morgan fingerprint density at radius 3 is 2.27 bits per heavy atom. The lowest BCUT2D eigenvalue weighted by Gasteiger charge is -2.13. The van der Waals surface area contributed by atoms with Gasteiger partial charge in [0.05, 0.1) is 10.2 Å². The Morgan fingerprint density at radius 2 is 1.49 bits per heavy atom. The van der Waals surface area contributed by atoms with Crippen molar-refractivity contribution >= 4 is 95.1 Å². The number of anilines is 4. The van der Waals surface area contributed by atoms with E-state index >= 15 is 0 Å². The molecule has 0 saturated carbocycles. The first-order chi connectivity index (χ1) is 19.5. The largest absolute Gasteiger partial charge is 0.423 e. The molecule has 3 N–H and O–H groups in total. The highest BCUT2D eigenvalue weighted by molar-refractivity contribution is 7.80. The third-order valence-electron chi connectivity index (χ3n) is 6.36. The van der Waals surface area contributed by atoms with Crippen LogP contribution in [-0.4, -0.2) is 25.0 Å². The second kappa shape index (κ2) is 10.2. The smallest absolute Gasteiger partial charge is 0.336 e. The van der Waals surface area contributed by atoms with Crippen molar-refractivity contribution < 1.29 is 8.83 Å². The molecule has 0 amide bonds. The number of nitrogens with one attached hydrogen (secondary N) is 3. The van der Waals surface area contributed by atoms with Gasteiger partial charge in [-0.1, -0.05) is 11.3 Å². The van der Waals surface area contributed by atoms with E-state index in [0.717, 1.165) is 43.2 Å². The molecule has 0 radical (unpaired) electrons. The van der Waals surface area contributed by atoms with Gasteiger partial charge in [0.15, 0.2) is 10.2 Å². The molecule has 0 aliphatic heterocycles. The Kier molecular flexibility index (Phi) is 6.64. The van der Waals surface area contributed by atoms with Gasteiger partial charge >= 0.3 is 11.3 Å². The summed E-state index contributed by atoms with van der Waals surface area (Å²) in [6, 6.07) is 8.33. The molecule has 0 fully saturated rings. The number of benzene rings is 2. The van der Waals surface area contributed by atoms with Crippen molar-refractivity contribution in [1.29, 1.82) is 0 Å². The van der Waals surface area contributed by atoms with Crippen molar-refractivity contribution in [3.8, 4) is 0 Å². The molecular weight excluding hydrogens is 586 g/mol. The zero-order valence-corrected chi connectivity index (χ0v) is 24.4. The van der Waals surface area contributed by atoms with Gasteiger partial charge in [-0.25, -0.2) is 14.6 Å². The Hall–Kier alpha value is -4.46. The highest BCUT2D eigenvalue weighted by Gasteiger charge is 2.16. The first kappa shape index (κ1) is 26.7. The lowest BCUT2D eigenvalue weighted by Crippen LogP contribution is -2.21. The molecule has 0 aliphatic rings. The Balaban J connectivity index is 1.26. The highest BCUT2D eigenvalue weighted by Crippen LogP contribution is 2.36. The lowest BCUT2D eigenvalue weighted by molar-refractivity contribution is 0.559. The molecule has 4 aromatic heterocycles. The molecule has 206 valence electrons. The van der Waals surface area contributed by atoms with Gasteiger partial charge in [0.2, 0.25) is 17.2 Å². The van der Waals surface area contributed by atoms with Gasteiger partial charge in [0.25, 0.3) is 0 Å². The average molecular weight is 606 g/mol. The molecule has 0 unspecified atom stereocenters. The van der Waals surface area contributed by atoms with Crippen LogP contribution in [0.1, 0.15) is 22.3 Å². The summed E-state index contributed by atoms with van der Waals surface area (Å²) in [5, 5.41) is 11.4. The van der Waals surface area contributed by atoms with Crippen molar-refractivity contribution in [3.05, 3.63) is 78.7 Å². The summed E-state index contributed by atoms with van der Waals surface area (Å²) < 4.78 is 11.6. The predicted molar refractivity (Wildman–Crippen MR) is 165 cm³/mol. The first-order valence-electron chi connectivity index (χ1n) is 12.2.